The van der Waals surface area contributed by atoms with Crippen LogP contribution < -0.4 is 0 Å². The van der Waals surface area contributed by atoms with E-state index in [9.17, 15) is 9.90 Å². The third-order valence-electron chi connectivity index (χ3n) is 7.34. The maximum atomic E-state index is 13.1. The molecule has 2 rings (SSSR count). The molecule has 2 aliphatic carbocycles. The van der Waals surface area contributed by atoms with Crippen LogP contribution in [0.25, 0.3) is 0 Å². The minimum Gasteiger partial charge on any atom is -0.466 e. The largest absolute Gasteiger partial charge is 0.466 e. The van der Waals surface area contributed by atoms with Gasteiger partial charge in [-0.05, 0) is 61.6 Å². The van der Waals surface area contributed by atoms with Gasteiger partial charge in [-0.15, -0.1) is 0 Å². The Kier molecular flexibility index (Phi) is 7.60. The topological polar surface area (TPSA) is 55.8 Å². The number of hydrogen-bond donors (Lipinski definition) is 1. The van der Waals surface area contributed by atoms with Gasteiger partial charge in [0.15, 0.2) is 8.32 Å². The molecule has 5 heteroatoms. The molecule has 162 valence electrons. The van der Waals surface area contributed by atoms with E-state index >= 15 is 0 Å². The van der Waals surface area contributed by atoms with E-state index in [2.05, 4.69) is 59.9 Å². The highest BCUT2D eigenvalue weighted by Gasteiger charge is 2.52. The van der Waals surface area contributed by atoms with Crippen molar-refractivity contribution in [2.75, 3.05) is 13.2 Å². The van der Waals surface area contributed by atoms with Gasteiger partial charge in [0, 0.05) is 18.6 Å². The molecular formula is C23H42O4Si. The van der Waals surface area contributed by atoms with E-state index in [1.54, 1.807) is 0 Å². The van der Waals surface area contributed by atoms with Crippen LogP contribution >= 0.6 is 0 Å². The van der Waals surface area contributed by atoms with Gasteiger partial charge in [0.1, 0.15) is 0 Å². The van der Waals surface area contributed by atoms with E-state index in [-0.39, 0.29) is 53.3 Å². The maximum absolute atomic E-state index is 13.1. The van der Waals surface area contributed by atoms with Gasteiger partial charge in [0.25, 0.3) is 0 Å². The summed E-state index contributed by atoms with van der Waals surface area (Å²) in [5.41, 5.74) is 0. The molecule has 0 bridgehead atoms. The molecule has 0 aromatic heterocycles. The number of ether oxygens (including phenoxy) is 1. The van der Waals surface area contributed by atoms with Crippen LogP contribution in [0.4, 0.5) is 0 Å². The third-order valence-corrected chi connectivity index (χ3v) is 11.8. The summed E-state index contributed by atoms with van der Waals surface area (Å²) in [6, 6.07) is 0. The molecule has 0 amide bonds. The zero-order chi connectivity index (χ0) is 21.3. The highest BCUT2D eigenvalue weighted by molar-refractivity contribution is 6.74. The van der Waals surface area contributed by atoms with Crippen molar-refractivity contribution in [3.63, 3.8) is 0 Å². The quantitative estimate of drug-likeness (QED) is 0.379. The lowest BCUT2D eigenvalue weighted by Crippen LogP contribution is -2.54. The molecule has 0 aromatic rings. The Morgan fingerprint density at radius 2 is 1.86 bits per heavy atom. The summed E-state index contributed by atoms with van der Waals surface area (Å²) >= 11 is 0. The molecule has 6 atom stereocenters. The van der Waals surface area contributed by atoms with Gasteiger partial charge in [-0.3, -0.25) is 4.79 Å². The molecule has 4 nitrogen and oxygen atoms in total. The fraction of sp³-hybridized carbons (Fsp3) is 0.870. The average Bonchev–Trinajstić information content (AvgIpc) is 2.59. The van der Waals surface area contributed by atoms with E-state index in [0.29, 0.717) is 12.5 Å². The predicted molar refractivity (Wildman–Crippen MR) is 116 cm³/mol. The minimum atomic E-state index is -2.00. The van der Waals surface area contributed by atoms with Crippen molar-refractivity contribution >= 4 is 14.3 Å². The van der Waals surface area contributed by atoms with Crippen LogP contribution in [-0.4, -0.2) is 38.7 Å². The Balaban J connectivity index is 2.44. The number of carbonyl (C=O) groups is 1. The molecule has 1 N–H and O–H groups in total. The molecular weight excluding hydrogens is 368 g/mol. The van der Waals surface area contributed by atoms with Gasteiger partial charge in [0.05, 0.1) is 12.5 Å². The van der Waals surface area contributed by atoms with E-state index in [0.717, 1.165) is 12.8 Å². The molecule has 0 aliphatic heterocycles. The van der Waals surface area contributed by atoms with Crippen LogP contribution in [0.15, 0.2) is 12.2 Å². The lowest BCUT2D eigenvalue weighted by atomic mass is 9.60. The van der Waals surface area contributed by atoms with Crippen LogP contribution in [0.5, 0.6) is 0 Å². The van der Waals surface area contributed by atoms with Gasteiger partial charge in [-0.1, -0.05) is 46.8 Å². The standard InChI is InChI=1S/C23H42O4Si/c1-9-26-22(25)21-18(15(2)3)11-10-17-12-16(14-24)13-19(20(17)21)27-28(7,8)23(4,5)6/h10-11,15-21,24H,9,12-14H2,1-8H3/t16-,17?,18+,19-,20?,21-/m0/s1. The summed E-state index contributed by atoms with van der Waals surface area (Å²) < 4.78 is 12.5. The summed E-state index contributed by atoms with van der Waals surface area (Å²) in [5.74, 6) is 0.945. The Hall–Kier alpha value is -0.653. The van der Waals surface area contributed by atoms with Gasteiger partial charge >= 0.3 is 5.97 Å². The summed E-state index contributed by atoms with van der Waals surface area (Å²) in [6.45, 7) is 18.2. The normalized spacial score (nSPS) is 33.6. The second kappa shape index (κ2) is 9.01. The lowest BCUT2D eigenvalue weighted by molar-refractivity contribution is -0.158. The molecule has 2 unspecified atom stereocenters. The second-order valence-corrected chi connectivity index (χ2v) is 15.4. The number of fused-ring (bicyclic) bond motifs is 1. The molecule has 1 saturated carbocycles. The number of hydrogen-bond acceptors (Lipinski definition) is 4. The van der Waals surface area contributed by atoms with Crippen molar-refractivity contribution in [3.8, 4) is 0 Å². The first-order chi connectivity index (χ1) is 12.9. The SMILES string of the molecule is CCOC(=O)[C@@H]1C2C(C=C[C@@H]1C(C)C)C[C@H](CO)C[C@@H]2O[Si](C)(C)C(C)(C)C. The molecule has 1 fully saturated rings. The van der Waals surface area contributed by atoms with Crippen LogP contribution in [-0.2, 0) is 14.0 Å². The first-order valence-corrected chi connectivity index (χ1v) is 14.0. The van der Waals surface area contributed by atoms with Crippen molar-refractivity contribution in [2.24, 2.45) is 35.5 Å². The molecule has 0 heterocycles. The number of aliphatic hydroxyl groups excluding tert-OH is 1. The van der Waals surface area contributed by atoms with Crippen LogP contribution in [0.2, 0.25) is 18.1 Å². The van der Waals surface area contributed by atoms with Crippen molar-refractivity contribution in [2.45, 2.75) is 78.6 Å². The number of rotatable bonds is 6. The average molecular weight is 411 g/mol. The molecule has 2 aliphatic rings. The smallest absolute Gasteiger partial charge is 0.309 e. The molecule has 28 heavy (non-hydrogen) atoms. The van der Waals surface area contributed by atoms with E-state index in [4.69, 9.17) is 9.16 Å². The van der Waals surface area contributed by atoms with Crippen molar-refractivity contribution < 1.29 is 19.1 Å². The van der Waals surface area contributed by atoms with E-state index in [1.807, 2.05) is 6.92 Å². The van der Waals surface area contributed by atoms with Crippen LogP contribution in [0.3, 0.4) is 0 Å². The van der Waals surface area contributed by atoms with Gasteiger partial charge in [0.2, 0.25) is 0 Å². The lowest BCUT2D eigenvalue weighted by Gasteiger charge is -2.51. The zero-order valence-corrected chi connectivity index (χ0v) is 20.2. The Morgan fingerprint density at radius 3 is 2.36 bits per heavy atom. The van der Waals surface area contributed by atoms with Crippen molar-refractivity contribution in [3.05, 3.63) is 12.2 Å². The second-order valence-electron chi connectivity index (χ2n) is 10.7. The monoisotopic (exact) mass is 410 g/mol. The number of aliphatic hydroxyl groups is 1. The molecule has 0 saturated heterocycles. The minimum absolute atomic E-state index is 0.00241. The third kappa shape index (κ3) is 4.90. The number of allylic oxidation sites excluding steroid dienone is 2. The van der Waals surface area contributed by atoms with Gasteiger partial charge in [-0.25, -0.2) is 0 Å². The zero-order valence-electron chi connectivity index (χ0n) is 19.2. The predicted octanol–water partition coefficient (Wildman–Crippen LogP) is 5.03. The van der Waals surface area contributed by atoms with Gasteiger partial charge in [-0.2, -0.15) is 0 Å². The summed E-state index contributed by atoms with van der Waals surface area (Å²) in [4.78, 5) is 13.1. The van der Waals surface area contributed by atoms with Crippen molar-refractivity contribution in [1.82, 2.24) is 0 Å². The highest BCUT2D eigenvalue weighted by Crippen LogP contribution is 2.50. The summed E-state index contributed by atoms with van der Waals surface area (Å²) in [6.07, 6.45) is 6.29. The molecule has 0 radical (unpaired) electrons. The van der Waals surface area contributed by atoms with E-state index < -0.39 is 8.32 Å². The first kappa shape index (κ1) is 23.6. The maximum Gasteiger partial charge on any atom is 0.309 e. The Labute approximate surface area is 173 Å². The summed E-state index contributed by atoms with van der Waals surface area (Å²) in [7, 11) is -2.00. The Bertz CT molecular complexity index is 563. The highest BCUT2D eigenvalue weighted by atomic mass is 28.4. The van der Waals surface area contributed by atoms with Gasteiger partial charge < -0.3 is 14.3 Å². The molecule has 0 spiro atoms. The summed E-state index contributed by atoms with van der Waals surface area (Å²) in [5, 5.41) is 10.0. The van der Waals surface area contributed by atoms with Crippen LogP contribution in [0, 0.1) is 35.5 Å². The molecule has 0 aromatic carbocycles. The number of carbonyl (C=O) groups excluding carboxylic acids is 1. The first-order valence-electron chi connectivity index (χ1n) is 11.1. The Morgan fingerprint density at radius 1 is 1.21 bits per heavy atom. The fourth-order valence-corrected chi connectivity index (χ4v) is 6.14. The fourth-order valence-electron chi connectivity index (χ4n) is 4.77. The van der Waals surface area contributed by atoms with Crippen LogP contribution in [0.1, 0.15) is 54.4 Å². The van der Waals surface area contributed by atoms with Crippen molar-refractivity contribution in [1.29, 1.82) is 0 Å². The number of esters is 1. The van der Waals surface area contributed by atoms with E-state index in [1.165, 1.54) is 0 Å².